The zero-order valence-corrected chi connectivity index (χ0v) is 11.4. The van der Waals surface area contributed by atoms with Gasteiger partial charge < -0.3 is 14.5 Å². The highest BCUT2D eigenvalue weighted by Gasteiger charge is 2.10. The molecule has 0 atom stereocenters. The van der Waals surface area contributed by atoms with Gasteiger partial charge >= 0.3 is 0 Å². The van der Waals surface area contributed by atoms with Gasteiger partial charge in [-0.05, 0) is 32.1 Å². The molecule has 0 aromatic carbocycles. The van der Waals surface area contributed by atoms with Crippen molar-refractivity contribution in [3.63, 3.8) is 0 Å². The van der Waals surface area contributed by atoms with Gasteiger partial charge in [0.25, 0.3) is 0 Å². The Balaban J connectivity index is 2.56. The third kappa shape index (κ3) is 4.50. The molecule has 98 valence electrons. The fourth-order valence-electron chi connectivity index (χ4n) is 1.79. The van der Waals surface area contributed by atoms with E-state index in [-0.39, 0.29) is 0 Å². The van der Waals surface area contributed by atoms with Crippen molar-refractivity contribution in [2.75, 3.05) is 33.9 Å². The molecule has 1 heterocycles. The molecule has 0 saturated heterocycles. The summed E-state index contributed by atoms with van der Waals surface area (Å²) in [6.07, 6.45) is 0. The number of likely N-dealkylation sites (N-methyl/N-ethyl adjacent to an activating group) is 1. The van der Waals surface area contributed by atoms with Crippen molar-refractivity contribution >= 4 is 0 Å². The molecule has 0 bridgehead atoms. The van der Waals surface area contributed by atoms with E-state index < -0.39 is 0 Å². The molecule has 4 nitrogen and oxygen atoms in total. The molecular formula is C13H24N2O2. The number of hydrogen-bond acceptors (Lipinski definition) is 4. The Morgan fingerprint density at radius 2 is 2.24 bits per heavy atom. The minimum absolute atomic E-state index is 0.761. The predicted octanol–water partition coefficient (Wildman–Crippen LogP) is 1.78. The third-order valence-electron chi connectivity index (χ3n) is 2.85. The number of rotatable bonds is 8. The number of aryl methyl sites for hydroxylation is 1. The fourth-order valence-corrected chi connectivity index (χ4v) is 1.79. The molecule has 0 fully saturated rings. The SMILES string of the molecule is CCN(CCOC)Cc1cc(C)c(CNC)o1. The van der Waals surface area contributed by atoms with Crippen LogP contribution >= 0.6 is 0 Å². The van der Waals surface area contributed by atoms with Gasteiger partial charge in [-0.3, -0.25) is 4.90 Å². The van der Waals surface area contributed by atoms with Gasteiger partial charge in [-0.2, -0.15) is 0 Å². The molecule has 0 spiro atoms. The van der Waals surface area contributed by atoms with E-state index in [0.29, 0.717) is 0 Å². The van der Waals surface area contributed by atoms with Crippen LogP contribution in [0.15, 0.2) is 10.5 Å². The second-order valence-electron chi connectivity index (χ2n) is 4.21. The summed E-state index contributed by atoms with van der Waals surface area (Å²) in [5, 5.41) is 3.11. The van der Waals surface area contributed by atoms with Crippen LogP contribution in [0.1, 0.15) is 24.0 Å². The second kappa shape index (κ2) is 7.48. The number of ether oxygens (including phenoxy) is 1. The van der Waals surface area contributed by atoms with Crippen LogP contribution in [-0.2, 0) is 17.8 Å². The maximum Gasteiger partial charge on any atom is 0.120 e. The Hall–Kier alpha value is -0.840. The minimum Gasteiger partial charge on any atom is -0.463 e. The standard InChI is InChI=1S/C13H24N2O2/c1-5-15(6-7-16-4)10-12-8-11(2)13(17-12)9-14-3/h8,14H,5-7,9-10H2,1-4H3. The quantitative estimate of drug-likeness (QED) is 0.751. The van der Waals surface area contributed by atoms with Crippen molar-refractivity contribution in [3.05, 3.63) is 23.2 Å². The van der Waals surface area contributed by atoms with Gasteiger partial charge in [0, 0.05) is 13.7 Å². The highest BCUT2D eigenvalue weighted by molar-refractivity contribution is 5.19. The fraction of sp³-hybridized carbons (Fsp3) is 0.692. The molecule has 17 heavy (non-hydrogen) atoms. The highest BCUT2D eigenvalue weighted by atomic mass is 16.5. The van der Waals surface area contributed by atoms with Gasteiger partial charge in [0.15, 0.2) is 0 Å². The minimum atomic E-state index is 0.761. The summed E-state index contributed by atoms with van der Waals surface area (Å²) in [5.41, 5.74) is 1.22. The van der Waals surface area contributed by atoms with E-state index in [1.54, 1.807) is 7.11 Å². The lowest BCUT2D eigenvalue weighted by molar-refractivity contribution is 0.142. The zero-order chi connectivity index (χ0) is 12.7. The number of furan rings is 1. The van der Waals surface area contributed by atoms with Crippen molar-refractivity contribution in [2.45, 2.75) is 26.9 Å². The van der Waals surface area contributed by atoms with Gasteiger partial charge in [-0.15, -0.1) is 0 Å². The molecule has 1 N–H and O–H groups in total. The van der Waals surface area contributed by atoms with E-state index in [4.69, 9.17) is 9.15 Å². The lowest BCUT2D eigenvalue weighted by Crippen LogP contribution is -2.26. The summed E-state index contributed by atoms with van der Waals surface area (Å²) in [6, 6.07) is 2.13. The number of nitrogens with one attached hydrogen (secondary N) is 1. The number of methoxy groups -OCH3 is 1. The van der Waals surface area contributed by atoms with Gasteiger partial charge in [-0.25, -0.2) is 0 Å². The van der Waals surface area contributed by atoms with Crippen molar-refractivity contribution in [1.82, 2.24) is 10.2 Å². The molecule has 1 rings (SSSR count). The first-order valence-corrected chi connectivity index (χ1v) is 6.15. The summed E-state index contributed by atoms with van der Waals surface area (Å²) >= 11 is 0. The largest absolute Gasteiger partial charge is 0.463 e. The molecule has 1 aromatic rings. The van der Waals surface area contributed by atoms with E-state index in [1.165, 1.54) is 5.56 Å². The van der Waals surface area contributed by atoms with Crippen LogP contribution in [-0.4, -0.2) is 38.8 Å². The van der Waals surface area contributed by atoms with Gasteiger partial charge in [0.1, 0.15) is 11.5 Å². The average Bonchev–Trinajstić information content (AvgIpc) is 2.66. The molecule has 0 saturated carbocycles. The van der Waals surface area contributed by atoms with E-state index >= 15 is 0 Å². The first-order chi connectivity index (χ1) is 8.21. The molecule has 0 aliphatic heterocycles. The van der Waals surface area contributed by atoms with Crippen molar-refractivity contribution in [3.8, 4) is 0 Å². The number of hydrogen-bond donors (Lipinski definition) is 1. The van der Waals surface area contributed by atoms with Crippen LogP contribution in [0.5, 0.6) is 0 Å². The highest BCUT2D eigenvalue weighted by Crippen LogP contribution is 2.16. The Labute approximate surface area is 104 Å². The third-order valence-corrected chi connectivity index (χ3v) is 2.85. The Morgan fingerprint density at radius 3 is 2.82 bits per heavy atom. The Morgan fingerprint density at radius 1 is 1.47 bits per heavy atom. The maximum absolute atomic E-state index is 5.82. The molecule has 0 unspecified atom stereocenters. The zero-order valence-electron chi connectivity index (χ0n) is 11.4. The van der Waals surface area contributed by atoms with Crippen molar-refractivity contribution < 1.29 is 9.15 Å². The van der Waals surface area contributed by atoms with Crippen LogP contribution in [0, 0.1) is 6.92 Å². The molecule has 0 aliphatic carbocycles. The van der Waals surface area contributed by atoms with Crippen molar-refractivity contribution in [1.29, 1.82) is 0 Å². The average molecular weight is 240 g/mol. The second-order valence-corrected chi connectivity index (χ2v) is 4.21. The van der Waals surface area contributed by atoms with E-state index in [0.717, 1.165) is 44.3 Å². The van der Waals surface area contributed by atoms with Gasteiger partial charge in [0.05, 0.1) is 19.7 Å². The van der Waals surface area contributed by atoms with Crippen LogP contribution < -0.4 is 5.32 Å². The number of nitrogens with zero attached hydrogens (tertiary/aromatic N) is 1. The van der Waals surface area contributed by atoms with Gasteiger partial charge in [0.2, 0.25) is 0 Å². The topological polar surface area (TPSA) is 37.6 Å². The van der Waals surface area contributed by atoms with E-state index in [1.807, 2.05) is 7.05 Å². The summed E-state index contributed by atoms with van der Waals surface area (Å²) < 4.78 is 10.9. The Bertz CT molecular complexity index is 323. The monoisotopic (exact) mass is 240 g/mol. The van der Waals surface area contributed by atoms with Crippen LogP contribution in [0.2, 0.25) is 0 Å². The van der Waals surface area contributed by atoms with Crippen LogP contribution in [0.25, 0.3) is 0 Å². The molecular weight excluding hydrogens is 216 g/mol. The molecule has 1 aromatic heterocycles. The van der Waals surface area contributed by atoms with Crippen LogP contribution in [0.3, 0.4) is 0 Å². The lowest BCUT2D eigenvalue weighted by Gasteiger charge is -2.18. The van der Waals surface area contributed by atoms with E-state index in [2.05, 4.69) is 30.1 Å². The maximum atomic E-state index is 5.82. The summed E-state index contributed by atoms with van der Waals surface area (Å²) in [4.78, 5) is 2.31. The summed E-state index contributed by atoms with van der Waals surface area (Å²) in [6.45, 7) is 8.58. The summed E-state index contributed by atoms with van der Waals surface area (Å²) in [7, 11) is 3.66. The Kier molecular flexibility index (Phi) is 6.26. The first-order valence-electron chi connectivity index (χ1n) is 6.15. The molecule has 0 amide bonds. The normalized spacial score (nSPS) is 11.4. The van der Waals surface area contributed by atoms with Crippen LogP contribution in [0.4, 0.5) is 0 Å². The molecule has 0 radical (unpaired) electrons. The molecule has 0 aliphatic rings. The predicted molar refractivity (Wildman–Crippen MR) is 69.0 cm³/mol. The summed E-state index contributed by atoms with van der Waals surface area (Å²) in [5.74, 6) is 2.07. The molecule has 4 heteroatoms. The van der Waals surface area contributed by atoms with Crippen molar-refractivity contribution in [2.24, 2.45) is 0 Å². The first kappa shape index (κ1) is 14.2. The smallest absolute Gasteiger partial charge is 0.120 e. The lowest BCUT2D eigenvalue weighted by atomic mass is 10.2. The van der Waals surface area contributed by atoms with E-state index in [9.17, 15) is 0 Å². The van der Waals surface area contributed by atoms with Gasteiger partial charge in [-0.1, -0.05) is 6.92 Å².